The first kappa shape index (κ1) is 22.3. The number of nitrogens with zero attached hydrogens (tertiary/aromatic N) is 6. The van der Waals surface area contributed by atoms with Crippen molar-refractivity contribution < 1.29 is 13.2 Å². The summed E-state index contributed by atoms with van der Waals surface area (Å²) in [6.07, 6.45) is 11.4. The molecule has 1 aliphatic rings. The highest BCUT2D eigenvalue weighted by atomic mass is 32.2. The second-order valence-electron chi connectivity index (χ2n) is 8.48. The Morgan fingerprint density at radius 2 is 1.71 bits per heavy atom. The molecule has 5 rings (SSSR count). The number of sulfone groups is 1. The molecule has 0 radical (unpaired) electrons. The van der Waals surface area contributed by atoms with Gasteiger partial charge < -0.3 is 9.64 Å². The number of hydrogen-bond acceptors (Lipinski definition) is 8. The number of benzene rings is 1. The first-order chi connectivity index (χ1) is 16.4. The van der Waals surface area contributed by atoms with Crippen LogP contribution in [0.1, 0.15) is 31.4 Å². The van der Waals surface area contributed by atoms with Gasteiger partial charge >= 0.3 is 0 Å². The zero-order valence-corrected chi connectivity index (χ0v) is 19.9. The Hall–Kier alpha value is -3.53. The minimum Gasteiger partial charge on any atom is -0.439 e. The summed E-state index contributed by atoms with van der Waals surface area (Å²) in [7, 11) is -3.24. The van der Waals surface area contributed by atoms with Gasteiger partial charge in [0.2, 0.25) is 11.8 Å². The topological polar surface area (TPSA) is 103 Å². The van der Waals surface area contributed by atoms with Gasteiger partial charge in [0, 0.05) is 43.2 Å². The fourth-order valence-electron chi connectivity index (χ4n) is 4.15. The van der Waals surface area contributed by atoms with Crippen LogP contribution >= 0.6 is 0 Å². The molecule has 176 valence electrons. The van der Waals surface area contributed by atoms with E-state index in [2.05, 4.69) is 31.9 Å². The summed E-state index contributed by atoms with van der Waals surface area (Å²) in [6.45, 7) is 3.84. The number of anilines is 1. The smallest absolute Gasteiger partial charge is 0.225 e. The average molecular weight is 479 g/mol. The van der Waals surface area contributed by atoms with E-state index < -0.39 is 9.84 Å². The molecule has 34 heavy (non-hydrogen) atoms. The quantitative estimate of drug-likeness (QED) is 0.412. The van der Waals surface area contributed by atoms with Crippen molar-refractivity contribution in [1.82, 2.24) is 24.7 Å². The number of pyridine rings is 1. The molecule has 0 aliphatic carbocycles. The Bertz CT molecular complexity index is 1390. The second-order valence-corrected chi connectivity index (χ2v) is 10.5. The zero-order valence-electron chi connectivity index (χ0n) is 19.1. The van der Waals surface area contributed by atoms with Crippen molar-refractivity contribution in [2.75, 3.05) is 24.2 Å². The molecule has 10 heteroatoms. The van der Waals surface area contributed by atoms with Gasteiger partial charge in [-0.05, 0) is 49.1 Å². The van der Waals surface area contributed by atoms with E-state index in [9.17, 15) is 8.42 Å². The molecule has 3 aromatic heterocycles. The van der Waals surface area contributed by atoms with Gasteiger partial charge in [-0.25, -0.2) is 23.4 Å². The molecule has 1 fully saturated rings. The lowest BCUT2D eigenvalue weighted by Gasteiger charge is -2.32. The van der Waals surface area contributed by atoms with Gasteiger partial charge in [0.15, 0.2) is 9.84 Å². The fourth-order valence-corrected chi connectivity index (χ4v) is 4.78. The summed E-state index contributed by atoms with van der Waals surface area (Å²) in [5, 5.41) is 5.57. The highest BCUT2D eigenvalue weighted by molar-refractivity contribution is 7.90. The standard InChI is InChI=1S/C24H26N6O3S/c1-3-17-13-26-24(27-14-17)29-10-8-19(9-11-29)30-22-16-25-23(12-18(22)15-28-30)33-20-4-6-21(7-5-20)34(2,31)32/h4-7,12-16,19H,3,8-11H2,1-2H3. The summed E-state index contributed by atoms with van der Waals surface area (Å²) in [6, 6.07) is 8.42. The molecule has 0 saturated carbocycles. The maximum Gasteiger partial charge on any atom is 0.225 e. The minimum atomic E-state index is -3.24. The van der Waals surface area contributed by atoms with Crippen molar-refractivity contribution in [3.05, 3.63) is 60.7 Å². The van der Waals surface area contributed by atoms with Gasteiger partial charge in [0.1, 0.15) is 5.75 Å². The maximum atomic E-state index is 11.6. The summed E-state index contributed by atoms with van der Waals surface area (Å²) in [4.78, 5) is 15.9. The summed E-state index contributed by atoms with van der Waals surface area (Å²) < 4.78 is 31.1. The van der Waals surface area contributed by atoms with Crippen molar-refractivity contribution in [2.45, 2.75) is 37.1 Å². The fraction of sp³-hybridized carbons (Fsp3) is 0.333. The van der Waals surface area contributed by atoms with Crippen LogP contribution in [0.3, 0.4) is 0 Å². The van der Waals surface area contributed by atoms with Crippen molar-refractivity contribution >= 4 is 26.7 Å². The number of hydrogen-bond donors (Lipinski definition) is 0. The van der Waals surface area contributed by atoms with Crippen LogP contribution in [-0.4, -0.2) is 52.5 Å². The zero-order chi connectivity index (χ0) is 23.7. The molecule has 0 bridgehead atoms. The predicted molar refractivity (Wildman–Crippen MR) is 129 cm³/mol. The molecule has 0 amide bonds. The number of aromatic nitrogens is 5. The number of rotatable bonds is 6. The van der Waals surface area contributed by atoms with Crippen LogP contribution in [0.5, 0.6) is 11.6 Å². The lowest BCUT2D eigenvalue weighted by Crippen LogP contribution is -2.36. The molecular weight excluding hydrogens is 452 g/mol. The first-order valence-electron chi connectivity index (χ1n) is 11.3. The average Bonchev–Trinajstić information content (AvgIpc) is 3.27. The second kappa shape index (κ2) is 9.02. The monoisotopic (exact) mass is 478 g/mol. The van der Waals surface area contributed by atoms with E-state index in [1.54, 1.807) is 18.3 Å². The van der Waals surface area contributed by atoms with Crippen molar-refractivity contribution in [3.63, 3.8) is 0 Å². The Morgan fingerprint density at radius 1 is 1.00 bits per heavy atom. The van der Waals surface area contributed by atoms with Gasteiger partial charge in [-0.1, -0.05) is 6.92 Å². The summed E-state index contributed by atoms with van der Waals surface area (Å²) >= 11 is 0. The molecule has 4 aromatic rings. The van der Waals surface area contributed by atoms with E-state index in [4.69, 9.17) is 4.74 Å². The summed E-state index contributed by atoms with van der Waals surface area (Å²) in [5.41, 5.74) is 2.10. The summed E-state index contributed by atoms with van der Waals surface area (Å²) in [5.74, 6) is 1.74. The van der Waals surface area contributed by atoms with Gasteiger partial charge in [-0.15, -0.1) is 0 Å². The first-order valence-corrected chi connectivity index (χ1v) is 13.2. The van der Waals surface area contributed by atoms with Gasteiger partial charge in [0.05, 0.1) is 28.8 Å². The lowest BCUT2D eigenvalue weighted by molar-refractivity contribution is 0.373. The molecule has 1 saturated heterocycles. The van der Waals surface area contributed by atoms with Crippen LogP contribution in [-0.2, 0) is 16.3 Å². The van der Waals surface area contributed by atoms with Gasteiger partial charge in [-0.3, -0.25) is 4.68 Å². The van der Waals surface area contributed by atoms with Crippen LogP contribution in [0, 0.1) is 0 Å². The van der Waals surface area contributed by atoms with Crippen LogP contribution in [0.2, 0.25) is 0 Å². The molecular formula is C24H26N6O3S. The van der Waals surface area contributed by atoms with Gasteiger partial charge in [0.25, 0.3) is 0 Å². The molecule has 0 N–H and O–H groups in total. The molecule has 1 aliphatic heterocycles. The molecule has 9 nitrogen and oxygen atoms in total. The van der Waals surface area contributed by atoms with E-state index >= 15 is 0 Å². The van der Waals surface area contributed by atoms with Crippen LogP contribution in [0.25, 0.3) is 10.9 Å². The highest BCUT2D eigenvalue weighted by Gasteiger charge is 2.24. The van der Waals surface area contributed by atoms with Crippen LogP contribution in [0.4, 0.5) is 5.95 Å². The highest BCUT2D eigenvalue weighted by Crippen LogP contribution is 2.29. The van der Waals surface area contributed by atoms with Crippen LogP contribution in [0.15, 0.2) is 60.0 Å². The van der Waals surface area contributed by atoms with E-state index in [-0.39, 0.29) is 10.9 Å². The lowest BCUT2D eigenvalue weighted by atomic mass is 10.1. The minimum absolute atomic E-state index is 0.250. The molecule has 0 atom stereocenters. The van der Waals surface area contributed by atoms with Crippen molar-refractivity contribution in [2.24, 2.45) is 0 Å². The Labute approximate surface area is 198 Å². The number of fused-ring (bicyclic) bond motifs is 1. The van der Waals surface area contributed by atoms with Crippen molar-refractivity contribution in [3.8, 4) is 11.6 Å². The van der Waals surface area contributed by atoms with Crippen LogP contribution < -0.4 is 9.64 Å². The predicted octanol–water partition coefficient (Wildman–Crippen LogP) is 3.82. The van der Waals surface area contributed by atoms with E-state index in [0.29, 0.717) is 11.6 Å². The third-order valence-electron chi connectivity index (χ3n) is 6.12. The third-order valence-corrected chi connectivity index (χ3v) is 7.25. The molecule has 0 unspecified atom stereocenters. The Balaban J connectivity index is 1.27. The largest absolute Gasteiger partial charge is 0.439 e. The number of piperidine rings is 1. The Kier molecular flexibility index (Phi) is 5.91. The van der Waals surface area contributed by atoms with Gasteiger partial charge in [-0.2, -0.15) is 5.10 Å². The SMILES string of the molecule is CCc1cnc(N2CCC(n3ncc4cc(Oc5ccc(S(C)(=O)=O)cc5)ncc43)CC2)nc1. The Morgan fingerprint density at radius 3 is 2.35 bits per heavy atom. The van der Waals surface area contributed by atoms with Crippen molar-refractivity contribution in [1.29, 1.82) is 0 Å². The normalized spacial score (nSPS) is 15.1. The molecule has 4 heterocycles. The van der Waals surface area contributed by atoms with E-state index in [1.807, 2.05) is 29.3 Å². The third kappa shape index (κ3) is 4.58. The van der Waals surface area contributed by atoms with E-state index in [1.165, 1.54) is 18.4 Å². The number of ether oxygens (including phenoxy) is 1. The maximum absolute atomic E-state index is 11.6. The molecule has 1 aromatic carbocycles. The number of aryl methyl sites for hydroxylation is 1. The van der Waals surface area contributed by atoms with E-state index in [0.717, 1.165) is 54.8 Å². The molecule has 0 spiro atoms.